The molecule has 20 heavy (non-hydrogen) atoms. The molecule has 0 aromatic rings. The molecule has 1 aliphatic rings. The molecular formula is C14H25N3O3. The van der Waals surface area contributed by atoms with Crippen LogP contribution >= 0.6 is 0 Å². The van der Waals surface area contributed by atoms with E-state index in [0.717, 1.165) is 19.3 Å². The Morgan fingerprint density at radius 1 is 1.25 bits per heavy atom. The second-order valence-electron chi connectivity index (χ2n) is 5.85. The van der Waals surface area contributed by atoms with E-state index >= 15 is 0 Å². The predicted molar refractivity (Wildman–Crippen MR) is 76.0 cm³/mol. The highest BCUT2D eigenvalue weighted by Crippen LogP contribution is 2.09. The van der Waals surface area contributed by atoms with Gasteiger partial charge in [0.05, 0.1) is 0 Å². The zero-order chi connectivity index (χ0) is 15.1. The van der Waals surface area contributed by atoms with Gasteiger partial charge in [-0.25, -0.2) is 4.79 Å². The molecule has 0 aliphatic carbocycles. The Morgan fingerprint density at radius 2 is 1.95 bits per heavy atom. The number of rotatable bonds is 8. The van der Waals surface area contributed by atoms with Gasteiger partial charge >= 0.3 is 6.03 Å². The molecule has 1 saturated heterocycles. The summed E-state index contributed by atoms with van der Waals surface area (Å²) in [5.41, 5.74) is 0. The summed E-state index contributed by atoms with van der Waals surface area (Å²) in [4.78, 5) is 34.0. The highest BCUT2D eigenvalue weighted by molar-refractivity contribution is 6.04. The van der Waals surface area contributed by atoms with E-state index in [9.17, 15) is 14.4 Å². The molecule has 4 amide bonds. The second kappa shape index (κ2) is 7.87. The normalized spacial score (nSPS) is 19.7. The van der Waals surface area contributed by atoms with Gasteiger partial charge in [-0.3, -0.25) is 14.9 Å². The molecule has 0 unspecified atom stereocenters. The van der Waals surface area contributed by atoms with Gasteiger partial charge in [0.1, 0.15) is 6.04 Å². The molecule has 0 aromatic carbocycles. The zero-order valence-electron chi connectivity index (χ0n) is 12.5. The summed E-state index contributed by atoms with van der Waals surface area (Å²) in [6.07, 6.45) is 3.80. The van der Waals surface area contributed by atoms with E-state index in [-0.39, 0.29) is 24.3 Å². The Hall–Kier alpha value is -1.59. The van der Waals surface area contributed by atoms with Crippen molar-refractivity contribution in [3.8, 4) is 0 Å². The standard InChI is InChI=1S/C14H25N3O3/c1-9(2)5-4-6-10(3)15-12(18)8-7-11-13(19)17-14(20)16-11/h9-11H,4-8H2,1-3H3,(H,15,18)(H2,16,17,19,20)/t10-,11-/m0/s1. The van der Waals surface area contributed by atoms with Crippen LogP contribution in [0.1, 0.15) is 52.9 Å². The number of urea groups is 1. The van der Waals surface area contributed by atoms with Crippen molar-refractivity contribution in [1.29, 1.82) is 0 Å². The van der Waals surface area contributed by atoms with Crippen LogP contribution < -0.4 is 16.0 Å². The van der Waals surface area contributed by atoms with Crippen LogP contribution in [0.4, 0.5) is 4.79 Å². The summed E-state index contributed by atoms with van der Waals surface area (Å²) in [7, 11) is 0. The van der Waals surface area contributed by atoms with Crippen molar-refractivity contribution in [2.45, 2.75) is 65.0 Å². The maximum absolute atomic E-state index is 11.7. The van der Waals surface area contributed by atoms with E-state index in [2.05, 4.69) is 29.8 Å². The Labute approximate surface area is 120 Å². The molecule has 0 saturated carbocycles. The molecule has 0 bridgehead atoms. The first-order valence-electron chi connectivity index (χ1n) is 7.29. The molecule has 0 spiro atoms. The van der Waals surface area contributed by atoms with Crippen LogP contribution in [0.2, 0.25) is 0 Å². The fourth-order valence-corrected chi connectivity index (χ4v) is 2.19. The van der Waals surface area contributed by atoms with Gasteiger partial charge in [0.2, 0.25) is 5.91 Å². The molecule has 0 aromatic heterocycles. The van der Waals surface area contributed by atoms with Gasteiger partial charge in [-0.1, -0.05) is 26.7 Å². The van der Waals surface area contributed by atoms with Crippen molar-refractivity contribution in [3.63, 3.8) is 0 Å². The molecule has 6 nitrogen and oxygen atoms in total. The molecule has 2 atom stereocenters. The highest BCUT2D eigenvalue weighted by atomic mass is 16.2. The van der Waals surface area contributed by atoms with Gasteiger partial charge in [0.15, 0.2) is 0 Å². The van der Waals surface area contributed by atoms with Crippen molar-refractivity contribution in [1.82, 2.24) is 16.0 Å². The molecule has 1 aliphatic heterocycles. The highest BCUT2D eigenvalue weighted by Gasteiger charge is 2.29. The molecule has 3 N–H and O–H groups in total. The molecule has 1 fully saturated rings. The van der Waals surface area contributed by atoms with Crippen LogP contribution in [0.25, 0.3) is 0 Å². The zero-order valence-corrected chi connectivity index (χ0v) is 12.5. The number of amides is 4. The van der Waals surface area contributed by atoms with E-state index in [4.69, 9.17) is 0 Å². The number of imide groups is 1. The number of hydrogen-bond donors (Lipinski definition) is 3. The van der Waals surface area contributed by atoms with Crippen LogP contribution in [0.15, 0.2) is 0 Å². The Balaban J connectivity index is 2.16. The van der Waals surface area contributed by atoms with E-state index < -0.39 is 12.1 Å². The third-order valence-corrected chi connectivity index (χ3v) is 3.34. The minimum absolute atomic E-state index is 0.0732. The average molecular weight is 283 g/mol. The summed E-state index contributed by atoms with van der Waals surface area (Å²) in [5, 5.41) is 7.55. The summed E-state index contributed by atoms with van der Waals surface area (Å²) in [5.74, 6) is 0.256. The number of nitrogens with one attached hydrogen (secondary N) is 3. The topological polar surface area (TPSA) is 87.3 Å². The SMILES string of the molecule is CC(C)CCC[C@H](C)NC(=O)CC[C@@H]1NC(=O)NC1=O. The second-order valence-corrected chi connectivity index (χ2v) is 5.85. The number of carbonyl (C=O) groups is 3. The van der Waals surface area contributed by atoms with E-state index in [1.807, 2.05) is 6.92 Å². The molecule has 0 radical (unpaired) electrons. The number of hydrogen-bond acceptors (Lipinski definition) is 3. The van der Waals surface area contributed by atoms with Gasteiger partial charge in [-0.2, -0.15) is 0 Å². The van der Waals surface area contributed by atoms with Crippen LogP contribution in [-0.2, 0) is 9.59 Å². The Bertz CT molecular complexity index is 369. The van der Waals surface area contributed by atoms with E-state index in [0.29, 0.717) is 12.3 Å². The Morgan fingerprint density at radius 3 is 2.50 bits per heavy atom. The first-order chi connectivity index (χ1) is 9.38. The van der Waals surface area contributed by atoms with Crippen molar-refractivity contribution in [2.75, 3.05) is 0 Å². The largest absolute Gasteiger partial charge is 0.354 e. The van der Waals surface area contributed by atoms with Crippen LogP contribution in [0, 0.1) is 5.92 Å². The van der Waals surface area contributed by atoms with E-state index in [1.165, 1.54) is 0 Å². The maximum Gasteiger partial charge on any atom is 0.322 e. The van der Waals surface area contributed by atoms with Crippen molar-refractivity contribution < 1.29 is 14.4 Å². The smallest absolute Gasteiger partial charge is 0.322 e. The van der Waals surface area contributed by atoms with Crippen molar-refractivity contribution in [2.24, 2.45) is 5.92 Å². The third-order valence-electron chi connectivity index (χ3n) is 3.34. The van der Waals surface area contributed by atoms with Crippen molar-refractivity contribution >= 4 is 17.8 Å². The van der Waals surface area contributed by atoms with Gasteiger partial charge < -0.3 is 10.6 Å². The lowest BCUT2D eigenvalue weighted by Crippen LogP contribution is -2.35. The average Bonchev–Trinajstić information content (AvgIpc) is 2.64. The third kappa shape index (κ3) is 6.04. The van der Waals surface area contributed by atoms with Crippen LogP contribution in [-0.4, -0.2) is 29.9 Å². The van der Waals surface area contributed by atoms with Gasteiger partial charge in [0.25, 0.3) is 5.91 Å². The minimum atomic E-state index is -0.579. The van der Waals surface area contributed by atoms with Gasteiger partial charge in [0, 0.05) is 12.5 Å². The lowest BCUT2D eigenvalue weighted by atomic mass is 10.0. The summed E-state index contributed by atoms with van der Waals surface area (Å²) in [6, 6.07) is -0.916. The lowest BCUT2D eigenvalue weighted by molar-refractivity contribution is -0.122. The lowest BCUT2D eigenvalue weighted by Gasteiger charge is -2.15. The van der Waals surface area contributed by atoms with Crippen LogP contribution in [0.3, 0.4) is 0 Å². The number of carbonyl (C=O) groups excluding carboxylic acids is 3. The molecule has 1 heterocycles. The van der Waals surface area contributed by atoms with Gasteiger partial charge in [-0.05, 0) is 25.7 Å². The fraction of sp³-hybridized carbons (Fsp3) is 0.786. The minimum Gasteiger partial charge on any atom is -0.354 e. The first kappa shape index (κ1) is 16.5. The quantitative estimate of drug-likeness (QED) is 0.587. The Kier molecular flexibility index (Phi) is 6.48. The first-order valence-corrected chi connectivity index (χ1v) is 7.29. The fourth-order valence-electron chi connectivity index (χ4n) is 2.19. The predicted octanol–water partition coefficient (Wildman–Crippen LogP) is 1.31. The molecule has 1 rings (SSSR count). The molecule has 114 valence electrons. The summed E-state index contributed by atoms with van der Waals surface area (Å²) < 4.78 is 0. The monoisotopic (exact) mass is 283 g/mol. The summed E-state index contributed by atoms with van der Waals surface area (Å²) >= 11 is 0. The maximum atomic E-state index is 11.7. The summed E-state index contributed by atoms with van der Waals surface area (Å²) in [6.45, 7) is 6.36. The van der Waals surface area contributed by atoms with E-state index in [1.54, 1.807) is 0 Å². The van der Waals surface area contributed by atoms with Gasteiger partial charge in [-0.15, -0.1) is 0 Å². The molecular weight excluding hydrogens is 258 g/mol. The van der Waals surface area contributed by atoms with Crippen molar-refractivity contribution in [3.05, 3.63) is 0 Å². The van der Waals surface area contributed by atoms with Crippen LogP contribution in [0.5, 0.6) is 0 Å². The molecule has 6 heteroatoms.